The number of rotatable bonds is 2. The minimum absolute atomic E-state index is 0.852. The van der Waals surface area contributed by atoms with E-state index >= 15 is 0 Å². The van der Waals surface area contributed by atoms with E-state index in [0.717, 1.165) is 22.4 Å². The van der Waals surface area contributed by atoms with Crippen molar-refractivity contribution >= 4 is 10.9 Å². The zero-order chi connectivity index (χ0) is 11.7. The molecule has 0 spiro atoms. The minimum Gasteiger partial charge on any atom is -0.497 e. The fourth-order valence-corrected chi connectivity index (χ4v) is 1.95. The highest BCUT2D eigenvalue weighted by atomic mass is 16.5. The number of ether oxygens (including phenoxy) is 1. The Kier molecular flexibility index (Phi) is 2.33. The molecule has 0 unspecified atom stereocenters. The molecule has 0 bridgehead atoms. The number of benzene rings is 2. The Morgan fingerprint density at radius 2 is 2.06 bits per heavy atom. The van der Waals surface area contributed by atoms with Gasteiger partial charge in [-0.1, -0.05) is 18.2 Å². The molecule has 3 aromatic rings. The molecule has 0 amide bonds. The van der Waals surface area contributed by atoms with E-state index in [1.165, 1.54) is 5.39 Å². The topological polar surface area (TPSA) is 25.0 Å². The lowest BCUT2D eigenvalue weighted by atomic mass is 10.0. The molecule has 0 saturated carbocycles. The maximum Gasteiger partial charge on any atom is 0.119 e. The Morgan fingerprint density at radius 3 is 2.94 bits per heavy atom. The first-order valence-electron chi connectivity index (χ1n) is 5.50. The third kappa shape index (κ3) is 1.78. The first-order chi connectivity index (χ1) is 8.36. The van der Waals surface area contributed by atoms with Gasteiger partial charge in [-0.2, -0.15) is 0 Å². The van der Waals surface area contributed by atoms with Crippen LogP contribution in [0.2, 0.25) is 0 Å². The van der Waals surface area contributed by atoms with Crippen molar-refractivity contribution in [1.29, 1.82) is 0 Å². The van der Waals surface area contributed by atoms with Gasteiger partial charge in [0.2, 0.25) is 0 Å². The van der Waals surface area contributed by atoms with Gasteiger partial charge in [-0.25, -0.2) is 0 Å². The van der Waals surface area contributed by atoms with Crippen molar-refractivity contribution in [3.8, 4) is 16.9 Å². The SMILES string of the molecule is COc1cc[c]c(-c2ccc3cc[nH]c3c2)c1. The molecule has 2 heteroatoms. The van der Waals surface area contributed by atoms with Gasteiger partial charge < -0.3 is 9.72 Å². The number of hydrogen-bond donors (Lipinski definition) is 1. The standard InChI is InChI=1S/C15H12NO/c1-17-14-4-2-3-12(9-14)13-6-5-11-7-8-16-15(11)10-13/h2,4-10,16H,1H3. The van der Waals surface area contributed by atoms with Gasteiger partial charge in [0.25, 0.3) is 0 Å². The van der Waals surface area contributed by atoms with E-state index in [-0.39, 0.29) is 0 Å². The summed E-state index contributed by atoms with van der Waals surface area (Å²) in [5.74, 6) is 0.852. The molecule has 0 saturated heterocycles. The number of methoxy groups -OCH3 is 1. The van der Waals surface area contributed by atoms with E-state index in [9.17, 15) is 0 Å². The van der Waals surface area contributed by atoms with E-state index in [2.05, 4.69) is 35.3 Å². The van der Waals surface area contributed by atoms with Gasteiger partial charge in [-0.3, -0.25) is 0 Å². The normalized spacial score (nSPS) is 10.6. The summed E-state index contributed by atoms with van der Waals surface area (Å²) < 4.78 is 5.22. The van der Waals surface area contributed by atoms with Gasteiger partial charge >= 0.3 is 0 Å². The molecule has 1 heterocycles. The van der Waals surface area contributed by atoms with E-state index < -0.39 is 0 Å². The van der Waals surface area contributed by atoms with Crippen molar-refractivity contribution in [2.24, 2.45) is 0 Å². The summed E-state index contributed by atoms with van der Waals surface area (Å²) in [6.07, 6.45) is 1.95. The Labute approximate surface area is 99.9 Å². The summed E-state index contributed by atoms with van der Waals surface area (Å²) in [5, 5.41) is 1.22. The summed E-state index contributed by atoms with van der Waals surface area (Å²) >= 11 is 0. The van der Waals surface area contributed by atoms with Crippen molar-refractivity contribution < 1.29 is 4.74 Å². The van der Waals surface area contributed by atoms with Crippen LogP contribution in [0.5, 0.6) is 5.75 Å². The van der Waals surface area contributed by atoms with E-state index in [1.807, 2.05) is 24.4 Å². The van der Waals surface area contributed by atoms with Crippen LogP contribution in [-0.2, 0) is 0 Å². The summed E-state index contributed by atoms with van der Waals surface area (Å²) in [6, 6.07) is 17.4. The van der Waals surface area contributed by atoms with Crippen LogP contribution in [0.25, 0.3) is 22.0 Å². The molecule has 17 heavy (non-hydrogen) atoms. The average molecular weight is 222 g/mol. The summed E-state index contributed by atoms with van der Waals surface area (Å²) in [6.45, 7) is 0. The minimum atomic E-state index is 0.852. The van der Waals surface area contributed by atoms with Crippen LogP contribution in [0.3, 0.4) is 0 Å². The monoisotopic (exact) mass is 222 g/mol. The number of H-pyrrole nitrogens is 1. The van der Waals surface area contributed by atoms with Gasteiger partial charge in [0.15, 0.2) is 0 Å². The maximum absolute atomic E-state index is 5.22. The van der Waals surface area contributed by atoms with Crippen LogP contribution in [0.4, 0.5) is 0 Å². The molecule has 2 nitrogen and oxygen atoms in total. The Hall–Kier alpha value is -2.22. The Balaban J connectivity index is 2.12. The number of nitrogens with one attached hydrogen (secondary N) is 1. The lowest BCUT2D eigenvalue weighted by Crippen LogP contribution is -1.84. The van der Waals surface area contributed by atoms with Gasteiger partial charge in [0.1, 0.15) is 5.75 Å². The van der Waals surface area contributed by atoms with Crippen LogP contribution < -0.4 is 4.74 Å². The number of fused-ring (bicyclic) bond motifs is 1. The zero-order valence-electron chi connectivity index (χ0n) is 9.53. The van der Waals surface area contributed by atoms with Crippen molar-refractivity contribution in [2.75, 3.05) is 7.11 Å². The highest BCUT2D eigenvalue weighted by Gasteiger charge is 2.01. The molecule has 0 fully saturated rings. The molecule has 0 atom stereocenters. The molecule has 1 N–H and O–H groups in total. The van der Waals surface area contributed by atoms with Crippen LogP contribution in [0.15, 0.2) is 48.7 Å². The zero-order valence-corrected chi connectivity index (χ0v) is 9.53. The van der Waals surface area contributed by atoms with Crippen molar-refractivity contribution in [2.45, 2.75) is 0 Å². The quantitative estimate of drug-likeness (QED) is 0.703. The van der Waals surface area contributed by atoms with E-state index in [4.69, 9.17) is 4.74 Å². The number of aromatic amines is 1. The molecule has 2 aromatic carbocycles. The molecule has 83 valence electrons. The first-order valence-corrected chi connectivity index (χ1v) is 5.50. The smallest absolute Gasteiger partial charge is 0.119 e. The lowest BCUT2D eigenvalue weighted by molar-refractivity contribution is 0.415. The maximum atomic E-state index is 5.22. The summed E-state index contributed by atoms with van der Waals surface area (Å²) in [5.41, 5.74) is 3.32. The van der Waals surface area contributed by atoms with Crippen LogP contribution >= 0.6 is 0 Å². The van der Waals surface area contributed by atoms with Crippen LogP contribution in [0.1, 0.15) is 0 Å². The van der Waals surface area contributed by atoms with Gasteiger partial charge in [-0.05, 0) is 46.8 Å². The van der Waals surface area contributed by atoms with E-state index in [0.29, 0.717) is 0 Å². The first kappa shape index (κ1) is 9.97. The predicted octanol–water partition coefficient (Wildman–Crippen LogP) is 3.64. The van der Waals surface area contributed by atoms with E-state index in [1.54, 1.807) is 7.11 Å². The third-order valence-corrected chi connectivity index (χ3v) is 2.87. The Bertz CT molecular complexity index is 655. The van der Waals surface area contributed by atoms with Crippen LogP contribution in [0, 0.1) is 6.07 Å². The molecule has 0 aliphatic rings. The largest absolute Gasteiger partial charge is 0.497 e. The third-order valence-electron chi connectivity index (χ3n) is 2.87. The fraction of sp³-hybridized carbons (Fsp3) is 0.0667. The average Bonchev–Trinajstić information content (AvgIpc) is 2.86. The van der Waals surface area contributed by atoms with Gasteiger partial charge in [0.05, 0.1) is 7.11 Å². The van der Waals surface area contributed by atoms with Crippen molar-refractivity contribution in [1.82, 2.24) is 4.98 Å². The summed E-state index contributed by atoms with van der Waals surface area (Å²) in [7, 11) is 1.67. The highest BCUT2D eigenvalue weighted by Crippen LogP contribution is 2.26. The number of hydrogen-bond acceptors (Lipinski definition) is 1. The van der Waals surface area contributed by atoms with Crippen LogP contribution in [-0.4, -0.2) is 12.1 Å². The van der Waals surface area contributed by atoms with Gasteiger partial charge in [-0.15, -0.1) is 0 Å². The van der Waals surface area contributed by atoms with Gasteiger partial charge in [0, 0.05) is 11.7 Å². The highest BCUT2D eigenvalue weighted by molar-refractivity contribution is 5.84. The predicted molar refractivity (Wildman–Crippen MR) is 69.1 cm³/mol. The number of aromatic nitrogens is 1. The second-order valence-electron chi connectivity index (χ2n) is 3.92. The molecule has 1 aromatic heterocycles. The second kappa shape index (κ2) is 3.98. The van der Waals surface area contributed by atoms with Crippen molar-refractivity contribution in [3.63, 3.8) is 0 Å². The molecule has 0 aliphatic carbocycles. The second-order valence-corrected chi connectivity index (χ2v) is 3.92. The molecule has 0 aliphatic heterocycles. The fourth-order valence-electron chi connectivity index (χ4n) is 1.95. The molecule has 3 rings (SSSR count). The Morgan fingerprint density at radius 1 is 1.12 bits per heavy atom. The molecule has 1 radical (unpaired) electrons. The van der Waals surface area contributed by atoms with Crippen molar-refractivity contribution in [3.05, 3.63) is 54.7 Å². The molecular formula is C15H12NO. The lowest BCUT2D eigenvalue weighted by Gasteiger charge is -2.04. The molecular weight excluding hydrogens is 210 g/mol. The summed E-state index contributed by atoms with van der Waals surface area (Å²) in [4.78, 5) is 3.21.